The number of non-ortho nitro benzene ring substituents is 1. The van der Waals surface area contributed by atoms with Gasteiger partial charge in [-0.15, -0.1) is 0 Å². The number of ether oxygens (including phenoxy) is 1. The van der Waals surface area contributed by atoms with Crippen LogP contribution in [-0.2, 0) is 0 Å². The monoisotopic (exact) mass is 428 g/mol. The molecule has 1 aromatic heterocycles. The van der Waals surface area contributed by atoms with E-state index < -0.39 is 16.6 Å². The first kappa shape index (κ1) is 20.5. The molecule has 0 N–H and O–H groups in total. The van der Waals surface area contributed by atoms with Crippen molar-refractivity contribution in [1.29, 1.82) is 0 Å². The van der Waals surface area contributed by atoms with E-state index in [1.165, 1.54) is 29.1 Å². The molecule has 1 fully saturated rings. The molecule has 3 aromatic rings. The topological polar surface area (TPSA) is 90.5 Å². The number of benzene rings is 2. The summed E-state index contributed by atoms with van der Waals surface area (Å²) in [5, 5.41) is 14.9. The molecule has 0 spiro atoms. The quantitative estimate of drug-likeness (QED) is 0.456. The van der Waals surface area contributed by atoms with E-state index in [-0.39, 0.29) is 23.4 Å². The number of carbonyl (C=O) groups is 1. The molecule has 10 heteroatoms. The number of aromatic nitrogens is 2. The fraction of sp³-hybridized carbons (Fsp3) is 0.238. The van der Waals surface area contributed by atoms with Gasteiger partial charge in [0, 0.05) is 50.3 Å². The minimum absolute atomic E-state index is 0.00412. The van der Waals surface area contributed by atoms with Crippen LogP contribution in [0.3, 0.4) is 0 Å². The van der Waals surface area contributed by atoms with Gasteiger partial charge in [0.2, 0.25) is 0 Å². The number of hydrogen-bond donors (Lipinski definition) is 0. The Morgan fingerprint density at radius 2 is 1.84 bits per heavy atom. The number of hydrogen-bond acceptors (Lipinski definition) is 5. The highest BCUT2D eigenvalue weighted by atomic mass is 19.1. The fourth-order valence-electron chi connectivity index (χ4n) is 3.41. The third-order valence-electron chi connectivity index (χ3n) is 5.07. The third kappa shape index (κ3) is 4.52. The van der Waals surface area contributed by atoms with Gasteiger partial charge in [-0.1, -0.05) is 0 Å². The zero-order chi connectivity index (χ0) is 22.0. The van der Waals surface area contributed by atoms with Crippen molar-refractivity contribution >= 4 is 11.6 Å². The van der Waals surface area contributed by atoms with Crippen LogP contribution in [0, 0.1) is 21.7 Å². The van der Waals surface area contributed by atoms with Gasteiger partial charge in [-0.3, -0.25) is 14.9 Å². The van der Waals surface area contributed by atoms with E-state index in [1.54, 1.807) is 23.2 Å². The first-order valence-electron chi connectivity index (χ1n) is 9.61. The second-order valence-corrected chi connectivity index (χ2v) is 7.13. The molecule has 0 saturated carbocycles. The van der Waals surface area contributed by atoms with E-state index in [0.29, 0.717) is 37.2 Å². The lowest BCUT2D eigenvalue weighted by atomic mass is 10.1. The highest BCUT2D eigenvalue weighted by molar-refractivity contribution is 5.93. The smallest absolute Gasteiger partial charge is 0.269 e. The Morgan fingerprint density at radius 3 is 2.48 bits per heavy atom. The van der Waals surface area contributed by atoms with Crippen molar-refractivity contribution < 1.29 is 23.2 Å². The summed E-state index contributed by atoms with van der Waals surface area (Å²) in [6.07, 6.45) is 3.77. The molecule has 1 amide bonds. The Labute approximate surface area is 175 Å². The lowest BCUT2D eigenvalue weighted by Gasteiger charge is -2.32. The maximum Gasteiger partial charge on any atom is 0.269 e. The normalized spacial score (nSPS) is 14.5. The van der Waals surface area contributed by atoms with Crippen LogP contribution >= 0.6 is 0 Å². The molecule has 4 rings (SSSR count). The van der Waals surface area contributed by atoms with Crippen LogP contribution in [0.15, 0.2) is 54.9 Å². The number of halogens is 2. The van der Waals surface area contributed by atoms with Crippen LogP contribution in [0.4, 0.5) is 14.5 Å². The largest absolute Gasteiger partial charge is 0.487 e. The Balaban J connectivity index is 1.36. The van der Waals surface area contributed by atoms with Crippen LogP contribution < -0.4 is 4.74 Å². The lowest BCUT2D eigenvalue weighted by Crippen LogP contribution is -2.41. The third-order valence-corrected chi connectivity index (χ3v) is 5.07. The molecule has 1 aliphatic heterocycles. The molecule has 31 heavy (non-hydrogen) atoms. The molecule has 1 saturated heterocycles. The van der Waals surface area contributed by atoms with Crippen LogP contribution in [-0.4, -0.2) is 44.7 Å². The van der Waals surface area contributed by atoms with Crippen molar-refractivity contribution in [2.24, 2.45) is 0 Å². The number of piperidine rings is 1. The average molecular weight is 428 g/mol. The van der Waals surface area contributed by atoms with Crippen molar-refractivity contribution in [2.75, 3.05) is 13.1 Å². The summed E-state index contributed by atoms with van der Waals surface area (Å²) in [5.74, 6) is -1.62. The number of nitrogens with zero attached hydrogens (tertiary/aromatic N) is 4. The molecular formula is C21H18F2N4O4. The summed E-state index contributed by atoms with van der Waals surface area (Å²) in [5.41, 5.74) is 0.957. The summed E-state index contributed by atoms with van der Waals surface area (Å²) in [6.45, 7) is 0.851. The van der Waals surface area contributed by atoms with Gasteiger partial charge in [0.05, 0.1) is 22.4 Å². The summed E-state index contributed by atoms with van der Waals surface area (Å²) in [7, 11) is 0. The molecule has 160 valence electrons. The molecule has 0 atom stereocenters. The van der Waals surface area contributed by atoms with E-state index in [9.17, 15) is 23.7 Å². The fourth-order valence-corrected chi connectivity index (χ4v) is 3.41. The van der Waals surface area contributed by atoms with Gasteiger partial charge in [0.25, 0.3) is 11.6 Å². The van der Waals surface area contributed by atoms with Gasteiger partial charge in [-0.05, 0) is 24.3 Å². The summed E-state index contributed by atoms with van der Waals surface area (Å²) >= 11 is 0. The van der Waals surface area contributed by atoms with E-state index in [0.717, 1.165) is 12.1 Å². The Bertz CT molecular complexity index is 1110. The minimum atomic E-state index is -0.753. The maximum atomic E-state index is 13.8. The van der Waals surface area contributed by atoms with Gasteiger partial charge in [0.15, 0.2) is 11.6 Å². The summed E-state index contributed by atoms with van der Waals surface area (Å²) < 4.78 is 33.9. The summed E-state index contributed by atoms with van der Waals surface area (Å²) in [6, 6.07) is 9.01. The number of nitro groups is 1. The van der Waals surface area contributed by atoms with Crippen LogP contribution in [0.5, 0.6) is 5.75 Å². The van der Waals surface area contributed by atoms with Gasteiger partial charge in [-0.25, -0.2) is 13.5 Å². The highest BCUT2D eigenvalue weighted by Crippen LogP contribution is 2.24. The van der Waals surface area contributed by atoms with E-state index in [4.69, 9.17) is 4.74 Å². The maximum absolute atomic E-state index is 13.8. The van der Waals surface area contributed by atoms with Gasteiger partial charge < -0.3 is 9.64 Å². The van der Waals surface area contributed by atoms with Gasteiger partial charge in [0.1, 0.15) is 11.9 Å². The van der Waals surface area contributed by atoms with E-state index in [2.05, 4.69) is 5.10 Å². The van der Waals surface area contributed by atoms with Gasteiger partial charge >= 0.3 is 0 Å². The lowest BCUT2D eigenvalue weighted by molar-refractivity contribution is -0.384. The molecule has 8 nitrogen and oxygen atoms in total. The number of nitro benzene ring substituents is 1. The Kier molecular flexibility index (Phi) is 5.61. The zero-order valence-corrected chi connectivity index (χ0v) is 16.3. The first-order chi connectivity index (χ1) is 14.9. The molecule has 0 aliphatic carbocycles. The first-order valence-corrected chi connectivity index (χ1v) is 9.61. The molecule has 0 unspecified atom stereocenters. The number of rotatable bonds is 5. The van der Waals surface area contributed by atoms with Crippen LogP contribution in [0.2, 0.25) is 0 Å². The summed E-state index contributed by atoms with van der Waals surface area (Å²) in [4.78, 5) is 24.7. The standard InChI is InChI=1S/C21H18F2N4O4/c22-15-1-6-20(19(23)11-15)31-18-7-9-25(10-8-18)21(28)14-12-24-26(13-14)16-2-4-17(5-3-16)27(29)30/h1-6,11-13,18H,7-10H2. The predicted octanol–water partition coefficient (Wildman–Crippen LogP) is 3.74. The van der Waals surface area contributed by atoms with Crippen molar-refractivity contribution in [3.63, 3.8) is 0 Å². The molecule has 2 aromatic carbocycles. The van der Waals surface area contributed by atoms with Crippen molar-refractivity contribution in [2.45, 2.75) is 18.9 Å². The minimum Gasteiger partial charge on any atom is -0.487 e. The van der Waals surface area contributed by atoms with E-state index >= 15 is 0 Å². The van der Waals surface area contributed by atoms with E-state index in [1.807, 2.05) is 0 Å². The Hall–Kier alpha value is -3.82. The second-order valence-electron chi connectivity index (χ2n) is 7.13. The van der Waals surface area contributed by atoms with Gasteiger partial charge in [-0.2, -0.15) is 5.10 Å². The van der Waals surface area contributed by atoms with Crippen molar-refractivity contribution in [1.82, 2.24) is 14.7 Å². The molecule has 0 bridgehead atoms. The molecule has 1 aliphatic rings. The molecular weight excluding hydrogens is 410 g/mol. The van der Waals surface area contributed by atoms with Crippen LogP contribution in [0.25, 0.3) is 5.69 Å². The predicted molar refractivity (Wildman–Crippen MR) is 106 cm³/mol. The number of likely N-dealkylation sites (tertiary alicyclic amines) is 1. The van der Waals surface area contributed by atoms with Crippen molar-refractivity contribution in [3.8, 4) is 11.4 Å². The number of amides is 1. The SMILES string of the molecule is O=C(c1cnn(-c2ccc([N+](=O)[O-])cc2)c1)N1CCC(Oc2ccc(F)cc2F)CC1. The Morgan fingerprint density at radius 1 is 1.13 bits per heavy atom. The number of carbonyl (C=O) groups excluding carboxylic acids is 1. The van der Waals surface area contributed by atoms with Crippen molar-refractivity contribution in [3.05, 3.63) is 82.2 Å². The van der Waals surface area contributed by atoms with Crippen LogP contribution in [0.1, 0.15) is 23.2 Å². The zero-order valence-electron chi connectivity index (χ0n) is 16.3. The molecule has 2 heterocycles. The highest BCUT2D eigenvalue weighted by Gasteiger charge is 2.26. The second kappa shape index (κ2) is 8.50. The molecule has 0 radical (unpaired) electrons. The average Bonchev–Trinajstić information content (AvgIpc) is 3.26.